The number of nitrogens with zero attached hydrogens (tertiary/aromatic N) is 3. The van der Waals surface area contributed by atoms with Crippen LogP contribution in [0.1, 0.15) is 40.0 Å². The van der Waals surface area contributed by atoms with Gasteiger partial charge in [0.2, 0.25) is 0 Å². The van der Waals surface area contributed by atoms with Crippen molar-refractivity contribution in [2.24, 2.45) is 10.8 Å². The molecule has 6 heteroatoms. The molecule has 0 spiro atoms. The zero-order valence-corrected chi connectivity index (χ0v) is 16.6. The Hall–Kier alpha value is -2.50. The second kappa shape index (κ2) is 6.29. The van der Waals surface area contributed by atoms with Crippen LogP contribution in [0.4, 0.5) is 23.0 Å². The maximum Gasteiger partial charge on any atom is 0.159 e. The molecule has 1 aromatic carbocycles. The van der Waals surface area contributed by atoms with Crippen molar-refractivity contribution >= 4 is 23.0 Å². The minimum Gasteiger partial charge on any atom is -0.497 e. The lowest BCUT2D eigenvalue weighted by molar-refractivity contribution is 0.136. The topological polar surface area (TPSA) is 76.3 Å². The Balaban J connectivity index is 1.63. The summed E-state index contributed by atoms with van der Waals surface area (Å²) in [5.74, 6) is 2.28. The van der Waals surface area contributed by atoms with Gasteiger partial charge in [0.1, 0.15) is 17.8 Å². The van der Waals surface area contributed by atoms with E-state index in [2.05, 4.69) is 41.0 Å². The molecule has 2 aliphatic rings. The first-order valence-electron chi connectivity index (χ1n) is 9.57. The Morgan fingerprint density at radius 2 is 2.04 bits per heavy atom. The average molecular weight is 367 g/mol. The number of nitrogen functional groups attached to an aromatic ring is 1. The number of nitrogens with two attached hydrogens (primary N) is 1. The van der Waals surface area contributed by atoms with Crippen molar-refractivity contribution in [1.29, 1.82) is 0 Å². The summed E-state index contributed by atoms with van der Waals surface area (Å²) in [6.07, 6.45) is 5.22. The van der Waals surface area contributed by atoms with Gasteiger partial charge < -0.3 is 20.7 Å². The first-order valence-corrected chi connectivity index (χ1v) is 9.57. The zero-order chi connectivity index (χ0) is 19.2. The van der Waals surface area contributed by atoms with Gasteiger partial charge in [0.05, 0.1) is 7.11 Å². The third-order valence-electron chi connectivity index (χ3n) is 5.88. The molecule has 3 N–H and O–H groups in total. The fraction of sp³-hybridized carbons (Fsp3) is 0.524. The molecule has 0 radical (unpaired) electrons. The molecule has 144 valence electrons. The van der Waals surface area contributed by atoms with Crippen LogP contribution in [0.3, 0.4) is 0 Å². The molecular formula is C21H29N5O. The Morgan fingerprint density at radius 3 is 2.81 bits per heavy atom. The van der Waals surface area contributed by atoms with Crippen LogP contribution in [0.5, 0.6) is 5.75 Å². The van der Waals surface area contributed by atoms with Gasteiger partial charge in [0.25, 0.3) is 0 Å². The summed E-state index contributed by atoms with van der Waals surface area (Å²) in [6, 6.07) is 8.23. The lowest BCUT2D eigenvalue weighted by Gasteiger charge is -2.39. The summed E-state index contributed by atoms with van der Waals surface area (Å²) in [5, 5.41) is 3.31. The van der Waals surface area contributed by atoms with Crippen LogP contribution in [0.25, 0.3) is 0 Å². The van der Waals surface area contributed by atoms with Gasteiger partial charge in [-0.2, -0.15) is 0 Å². The van der Waals surface area contributed by atoms with Crippen molar-refractivity contribution < 1.29 is 4.74 Å². The van der Waals surface area contributed by atoms with Crippen LogP contribution in [-0.2, 0) is 0 Å². The predicted molar refractivity (Wildman–Crippen MR) is 110 cm³/mol. The zero-order valence-electron chi connectivity index (χ0n) is 16.6. The SMILES string of the molecule is COc1cccc(Nc2ncnc(N3CC4(C)CC3CC(C)(C)C4)c2N)c1. The van der Waals surface area contributed by atoms with E-state index in [1.54, 1.807) is 13.4 Å². The lowest BCUT2D eigenvalue weighted by Crippen LogP contribution is -2.35. The second-order valence-corrected chi connectivity index (χ2v) is 9.16. The minimum atomic E-state index is 0.324. The van der Waals surface area contributed by atoms with Crippen LogP contribution in [-0.4, -0.2) is 29.7 Å². The third kappa shape index (κ3) is 3.40. The monoisotopic (exact) mass is 367 g/mol. The van der Waals surface area contributed by atoms with Crippen LogP contribution in [0.2, 0.25) is 0 Å². The molecule has 1 saturated heterocycles. The van der Waals surface area contributed by atoms with E-state index in [0.717, 1.165) is 23.8 Å². The number of benzene rings is 1. The third-order valence-corrected chi connectivity index (χ3v) is 5.88. The van der Waals surface area contributed by atoms with E-state index in [-0.39, 0.29) is 0 Å². The van der Waals surface area contributed by atoms with E-state index in [1.165, 1.54) is 19.3 Å². The van der Waals surface area contributed by atoms with E-state index < -0.39 is 0 Å². The first-order chi connectivity index (χ1) is 12.8. The highest BCUT2D eigenvalue weighted by Gasteiger charge is 2.50. The van der Waals surface area contributed by atoms with Crippen molar-refractivity contribution in [1.82, 2.24) is 9.97 Å². The Bertz CT molecular complexity index is 852. The number of hydrogen-bond acceptors (Lipinski definition) is 6. The van der Waals surface area contributed by atoms with Crippen LogP contribution >= 0.6 is 0 Å². The van der Waals surface area contributed by atoms with Gasteiger partial charge >= 0.3 is 0 Å². The maximum atomic E-state index is 6.51. The molecule has 1 aliphatic heterocycles. The number of hydrogen-bond donors (Lipinski definition) is 2. The van der Waals surface area contributed by atoms with Crippen molar-refractivity contribution in [2.75, 3.05) is 29.6 Å². The molecule has 2 fully saturated rings. The van der Waals surface area contributed by atoms with E-state index in [1.807, 2.05) is 24.3 Å². The summed E-state index contributed by atoms with van der Waals surface area (Å²) < 4.78 is 5.29. The summed E-state index contributed by atoms with van der Waals surface area (Å²) in [6.45, 7) is 8.15. The standard InChI is InChI=1S/C21H29N5O/c1-20(2)9-15-10-21(3,11-20)12-26(15)19-17(22)18(23-13-24-19)25-14-6-5-7-16(8-14)27-4/h5-8,13,15H,9-12,22H2,1-4H3,(H,23,24,25). The summed E-state index contributed by atoms with van der Waals surface area (Å²) in [4.78, 5) is 11.3. The van der Waals surface area contributed by atoms with Gasteiger partial charge in [-0.15, -0.1) is 0 Å². The number of ether oxygens (including phenoxy) is 1. The average Bonchev–Trinajstić information content (AvgIpc) is 2.85. The molecule has 1 saturated carbocycles. The molecule has 4 rings (SSSR count). The van der Waals surface area contributed by atoms with Gasteiger partial charge in [-0.1, -0.05) is 26.8 Å². The summed E-state index contributed by atoms with van der Waals surface area (Å²) in [7, 11) is 1.66. The van der Waals surface area contributed by atoms with E-state index in [0.29, 0.717) is 28.4 Å². The van der Waals surface area contributed by atoms with Gasteiger partial charge in [-0.05, 0) is 42.2 Å². The molecule has 6 nitrogen and oxygen atoms in total. The van der Waals surface area contributed by atoms with E-state index in [4.69, 9.17) is 10.5 Å². The van der Waals surface area contributed by atoms with Gasteiger partial charge in [-0.25, -0.2) is 9.97 Å². The lowest BCUT2D eigenvalue weighted by atomic mass is 9.65. The molecule has 2 heterocycles. The highest BCUT2D eigenvalue weighted by molar-refractivity contribution is 5.79. The number of fused-ring (bicyclic) bond motifs is 2. The Morgan fingerprint density at radius 1 is 1.22 bits per heavy atom. The summed E-state index contributed by atoms with van der Waals surface area (Å²) in [5.41, 5.74) is 8.69. The molecular weight excluding hydrogens is 338 g/mol. The molecule has 1 aliphatic carbocycles. The quantitative estimate of drug-likeness (QED) is 0.843. The fourth-order valence-corrected chi connectivity index (χ4v) is 5.26. The van der Waals surface area contributed by atoms with Crippen molar-refractivity contribution in [3.8, 4) is 5.75 Å². The van der Waals surface area contributed by atoms with E-state index >= 15 is 0 Å². The highest BCUT2D eigenvalue weighted by atomic mass is 16.5. The van der Waals surface area contributed by atoms with Crippen molar-refractivity contribution in [3.63, 3.8) is 0 Å². The number of methoxy groups -OCH3 is 1. The molecule has 2 atom stereocenters. The first kappa shape index (κ1) is 17.9. The normalized spacial score (nSPS) is 26.1. The fourth-order valence-electron chi connectivity index (χ4n) is 5.26. The van der Waals surface area contributed by atoms with Crippen molar-refractivity contribution in [3.05, 3.63) is 30.6 Å². The maximum absolute atomic E-state index is 6.51. The smallest absolute Gasteiger partial charge is 0.159 e. The Kier molecular flexibility index (Phi) is 4.17. The second-order valence-electron chi connectivity index (χ2n) is 9.16. The number of nitrogens with one attached hydrogen (secondary N) is 1. The minimum absolute atomic E-state index is 0.324. The highest BCUT2D eigenvalue weighted by Crippen LogP contribution is 2.54. The molecule has 1 aromatic heterocycles. The molecule has 0 amide bonds. The van der Waals surface area contributed by atoms with Crippen molar-refractivity contribution in [2.45, 2.75) is 46.1 Å². The molecule has 2 aromatic rings. The van der Waals surface area contributed by atoms with Crippen LogP contribution in [0.15, 0.2) is 30.6 Å². The molecule has 2 unspecified atom stereocenters. The van der Waals surface area contributed by atoms with Gasteiger partial charge in [0.15, 0.2) is 11.6 Å². The Labute approximate surface area is 161 Å². The summed E-state index contributed by atoms with van der Waals surface area (Å²) >= 11 is 0. The molecule has 27 heavy (non-hydrogen) atoms. The van der Waals surface area contributed by atoms with Crippen LogP contribution in [0, 0.1) is 10.8 Å². The predicted octanol–water partition coefficient (Wildman–Crippen LogP) is 4.22. The van der Waals surface area contributed by atoms with Gasteiger partial charge in [0, 0.05) is 24.3 Å². The van der Waals surface area contributed by atoms with E-state index in [9.17, 15) is 0 Å². The van der Waals surface area contributed by atoms with Gasteiger partial charge in [-0.3, -0.25) is 0 Å². The number of anilines is 4. The number of rotatable bonds is 4. The van der Waals surface area contributed by atoms with Crippen LogP contribution < -0.4 is 20.7 Å². The largest absolute Gasteiger partial charge is 0.497 e. The molecule has 2 bridgehead atoms. The number of aromatic nitrogens is 2.